The average Bonchev–Trinajstić information content (AvgIpc) is 2.17. The molecule has 0 N–H and O–H groups in total. The van der Waals surface area contributed by atoms with E-state index in [0.717, 1.165) is 0 Å². The molecule has 15 heavy (non-hydrogen) atoms. The molecule has 0 radical (unpaired) electrons. The van der Waals surface area contributed by atoms with Crippen molar-refractivity contribution in [3.05, 3.63) is 29.3 Å². The quantitative estimate of drug-likeness (QED) is 0.794. The number of hydrogen-bond donors (Lipinski definition) is 0. The smallest absolute Gasteiger partial charge is 0.231 e. The zero-order valence-electron chi connectivity index (χ0n) is 7.92. The van der Waals surface area contributed by atoms with Gasteiger partial charge < -0.3 is 4.74 Å². The molecule has 0 aliphatic heterocycles. The van der Waals surface area contributed by atoms with Crippen LogP contribution in [0.4, 0.5) is 0 Å². The van der Waals surface area contributed by atoms with Crippen LogP contribution in [0.5, 0.6) is 5.75 Å². The summed E-state index contributed by atoms with van der Waals surface area (Å²) in [5, 5.41) is 0. The molecule has 0 aliphatic rings. The van der Waals surface area contributed by atoms with Crippen molar-refractivity contribution in [2.45, 2.75) is 6.92 Å². The van der Waals surface area contributed by atoms with E-state index in [9.17, 15) is 9.59 Å². The summed E-state index contributed by atoms with van der Waals surface area (Å²) in [5.41, 5.74) is 0.698. The van der Waals surface area contributed by atoms with Gasteiger partial charge in [0.25, 0.3) is 0 Å². The van der Waals surface area contributed by atoms with Crippen LogP contribution >= 0.6 is 31.9 Å². The van der Waals surface area contributed by atoms with Crippen molar-refractivity contribution in [2.24, 2.45) is 0 Å². The molecule has 5 heteroatoms. The monoisotopic (exact) mass is 334 g/mol. The third-order valence-corrected chi connectivity index (χ3v) is 2.58. The number of benzene rings is 1. The van der Waals surface area contributed by atoms with Gasteiger partial charge in [-0.05, 0) is 50.9 Å². The van der Waals surface area contributed by atoms with E-state index in [-0.39, 0.29) is 9.39 Å². The molecular formula is C10H8Br2O3. The highest BCUT2D eigenvalue weighted by atomic mass is 79.9. The van der Waals surface area contributed by atoms with Crippen LogP contribution < -0.4 is 4.74 Å². The number of halogens is 2. The molecule has 0 amide bonds. The van der Waals surface area contributed by atoms with Crippen molar-refractivity contribution in [2.75, 3.05) is 6.61 Å². The van der Waals surface area contributed by atoms with Gasteiger partial charge in [-0.25, -0.2) is 0 Å². The van der Waals surface area contributed by atoms with Gasteiger partial charge in [-0.3, -0.25) is 9.59 Å². The maximum atomic E-state index is 11.2. The molecule has 80 valence electrons. The number of ether oxygens (including phenoxy) is 1. The van der Waals surface area contributed by atoms with Crippen LogP contribution in [0.1, 0.15) is 27.6 Å². The Morgan fingerprint density at radius 1 is 1.20 bits per heavy atom. The summed E-state index contributed by atoms with van der Waals surface area (Å²) < 4.78 is 4.68. The van der Waals surface area contributed by atoms with E-state index in [4.69, 9.17) is 4.74 Å². The molecule has 0 saturated heterocycles. The summed E-state index contributed by atoms with van der Waals surface area (Å²) >= 11 is 5.68. The minimum atomic E-state index is -0.304. The van der Waals surface area contributed by atoms with E-state index >= 15 is 0 Å². The van der Waals surface area contributed by atoms with E-state index < -0.39 is 0 Å². The summed E-state index contributed by atoms with van der Waals surface area (Å²) in [6, 6.07) is 4.83. The van der Waals surface area contributed by atoms with Gasteiger partial charge in [0, 0.05) is 0 Å². The first-order valence-corrected chi connectivity index (χ1v) is 5.82. The van der Waals surface area contributed by atoms with Gasteiger partial charge in [-0.2, -0.15) is 0 Å². The highest BCUT2D eigenvalue weighted by Crippen LogP contribution is 2.27. The van der Waals surface area contributed by atoms with Crippen molar-refractivity contribution < 1.29 is 14.3 Å². The van der Waals surface area contributed by atoms with Gasteiger partial charge >= 0.3 is 0 Å². The lowest BCUT2D eigenvalue weighted by Crippen LogP contribution is -2.04. The molecule has 1 aromatic carbocycles. The Kier molecular flexibility index (Phi) is 4.47. The lowest BCUT2D eigenvalue weighted by Gasteiger charge is -2.10. The Labute approximate surface area is 104 Å². The van der Waals surface area contributed by atoms with Gasteiger partial charge in [0.1, 0.15) is 5.75 Å². The summed E-state index contributed by atoms with van der Waals surface area (Å²) in [5.74, 6) is 0.309. The fourth-order valence-corrected chi connectivity index (χ4v) is 1.77. The minimum absolute atomic E-state index is 0.304. The molecule has 0 spiro atoms. The Balaban J connectivity index is 3.34. The van der Waals surface area contributed by atoms with E-state index in [0.29, 0.717) is 23.5 Å². The van der Waals surface area contributed by atoms with Crippen LogP contribution in [0.25, 0.3) is 0 Å². The topological polar surface area (TPSA) is 43.4 Å². The standard InChI is InChI=1S/C10H8Br2O3/c1-2-15-8-6(9(11)13)4-3-5-7(8)10(12)14/h3-5H,2H2,1H3. The summed E-state index contributed by atoms with van der Waals surface area (Å²) in [4.78, 5) is 22.5. The second kappa shape index (κ2) is 5.42. The van der Waals surface area contributed by atoms with Crippen LogP contribution in [0.3, 0.4) is 0 Å². The highest BCUT2D eigenvalue weighted by molar-refractivity contribution is 9.18. The maximum absolute atomic E-state index is 11.2. The number of hydrogen-bond acceptors (Lipinski definition) is 3. The molecule has 1 aromatic rings. The first kappa shape index (κ1) is 12.4. The van der Waals surface area contributed by atoms with Gasteiger partial charge in [0.2, 0.25) is 9.39 Å². The molecule has 0 fully saturated rings. The van der Waals surface area contributed by atoms with Crippen LogP contribution in [0.2, 0.25) is 0 Å². The predicted octanol–water partition coefficient (Wildman–Crippen LogP) is 3.16. The molecule has 3 nitrogen and oxygen atoms in total. The molecule has 0 saturated carbocycles. The average molecular weight is 336 g/mol. The number of carbonyl (C=O) groups is 2. The Hall–Kier alpha value is -0.680. The van der Waals surface area contributed by atoms with Crippen LogP contribution in [0.15, 0.2) is 18.2 Å². The Bertz CT molecular complexity index is 369. The molecule has 1 rings (SSSR count). The van der Waals surface area contributed by atoms with Crippen molar-refractivity contribution in [1.29, 1.82) is 0 Å². The lowest BCUT2D eigenvalue weighted by molar-refractivity contribution is 0.109. The van der Waals surface area contributed by atoms with Gasteiger partial charge in [0.05, 0.1) is 17.7 Å². The van der Waals surface area contributed by atoms with Crippen molar-refractivity contribution in [1.82, 2.24) is 0 Å². The third kappa shape index (κ3) is 2.89. The van der Waals surface area contributed by atoms with Crippen molar-refractivity contribution in [3.8, 4) is 5.75 Å². The fraction of sp³-hybridized carbons (Fsp3) is 0.200. The SMILES string of the molecule is CCOc1c(C(=O)Br)cccc1C(=O)Br. The summed E-state index contributed by atoms with van der Waals surface area (Å²) in [7, 11) is 0. The van der Waals surface area contributed by atoms with Gasteiger partial charge in [-0.1, -0.05) is 6.07 Å². The number of rotatable bonds is 4. The normalized spacial score (nSPS) is 9.80. The second-order valence-corrected chi connectivity index (χ2v) is 4.10. The van der Waals surface area contributed by atoms with Crippen LogP contribution in [-0.2, 0) is 0 Å². The largest absolute Gasteiger partial charge is 0.492 e. The zero-order chi connectivity index (χ0) is 11.4. The molecular weight excluding hydrogens is 328 g/mol. The van der Waals surface area contributed by atoms with Crippen molar-refractivity contribution >= 4 is 41.2 Å². The van der Waals surface area contributed by atoms with Gasteiger partial charge in [-0.15, -0.1) is 0 Å². The molecule has 0 unspecified atom stereocenters. The van der Waals surface area contributed by atoms with Crippen LogP contribution in [0, 0.1) is 0 Å². The Morgan fingerprint density at radius 2 is 1.67 bits per heavy atom. The second-order valence-electron chi connectivity index (χ2n) is 2.66. The molecule has 0 aliphatic carbocycles. The van der Waals surface area contributed by atoms with E-state index in [1.165, 1.54) is 0 Å². The highest BCUT2D eigenvalue weighted by Gasteiger charge is 2.17. The molecule has 0 heterocycles. The number of para-hydroxylation sites is 1. The van der Waals surface area contributed by atoms with Crippen molar-refractivity contribution in [3.63, 3.8) is 0 Å². The predicted molar refractivity (Wildman–Crippen MR) is 64.1 cm³/mol. The van der Waals surface area contributed by atoms with E-state index in [2.05, 4.69) is 31.9 Å². The first-order chi connectivity index (χ1) is 7.07. The molecule has 0 bridgehead atoms. The first-order valence-electron chi connectivity index (χ1n) is 4.23. The zero-order valence-corrected chi connectivity index (χ0v) is 11.1. The molecule has 0 atom stereocenters. The fourth-order valence-electron chi connectivity index (χ4n) is 1.15. The minimum Gasteiger partial charge on any atom is -0.492 e. The summed E-state index contributed by atoms with van der Waals surface area (Å²) in [6.45, 7) is 2.18. The molecule has 0 aromatic heterocycles. The third-order valence-electron chi connectivity index (χ3n) is 1.73. The maximum Gasteiger partial charge on any atom is 0.231 e. The lowest BCUT2D eigenvalue weighted by atomic mass is 10.1. The van der Waals surface area contributed by atoms with E-state index in [1.54, 1.807) is 25.1 Å². The van der Waals surface area contributed by atoms with E-state index in [1.807, 2.05) is 0 Å². The van der Waals surface area contributed by atoms with Gasteiger partial charge in [0.15, 0.2) is 0 Å². The number of carbonyl (C=O) groups excluding carboxylic acids is 2. The summed E-state index contributed by atoms with van der Waals surface area (Å²) in [6.07, 6.45) is 0. The Morgan fingerprint density at radius 3 is 2.00 bits per heavy atom. The van der Waals surface area contributed by atoms with Crippen LogP contribution in [-0.4, -0.2) is 16.0 Å².